The Kier molecular flexibility index (Phi) is 3.23. The summed E-state index contributed by atoms with van der Waals surface area (Å²) in [5.41, 5.74) is 0.448. The Bertz CT molecular complexity index is 589. The van der Waals surface area contributed by atoms with Crippen molar-refractivity contribution in [1.29, 1.82) is 0 Å². The van der Waals surface area contributed by atoms with Gasteiger partial charge in [0, 0.05) is 14.1 Å². The lowest BCUT2D eigenvalue weighted by Crippen LogP contribution is -2.21. The van der Waals surface area contributed by atoms with Crippen molar-refractivity contribution in [3.05, 3.63) is 33.2 Å². The predicted molar refractivity (Wildman–Crippen MR) is 65.5 cm³/mol. The highest BCUT2D eigenvalue weighted by atomic mass is 79.9. The lowest BCUT2D eigenvalue weighted by Gasteiger charge is -2.07. The molecule has 0 saturated carbocycles. The molecule has 2 rings (SSSR count). The van der Waals surface area contributed by atoms with Crippen molar-refractivity contribution >= 4 is 21.6 Å². The normalized spacial score (nSPS) is 10.5. The van der Waals surface area contributed by atoms with E-state index in [1.54, 1.807) is 24.1 Å². The molecular weight excluding hydrogens is 288 g/mol. The molecule has 2 aromatic heterocycles. The van der Waals surface area contributed by atoms with Crippen molar-refractivity contribution in [2.45, 2.75) is 6.54 Å². The first-order valence-electron chi connectivity index (χ1n) is 4.88. The second-order valence-electron chi connectivity index (χ2n) is 3.51. The van der Waals surface area contributed by atoms with Crippen molar-refractivity contribution in [1.82, 2.24) is 24.5 Å². The van der Waals surface area contributed by atoms with E-state index in [0.29, 0.717) is 16.7 Å². The average Bonchev–Trinajstić information content (AvgIpc) is 2.71. The Morgan fingerprint density at radius 1 is 1.47 bits per heavy atom. The second-order valence-corrected chi connectivity index (χ2v) is 4.31. The molecule has 0 bridgehead atoms. The number of nitrogens with one attached hydrogen (secondary N) is 1. The van der Waals surface area contributed by atoms with E-state index in [0.717, 1.165) is 5.82 Å². The van der Waals surface area contributed by atoms with E-state index in [2.05, 4.69) is 36.5 Å². The number of rotatable bonds is 3. The van der Waals surface area contributed by atoms with E-state index in [9.17, 15) is 4.79 Å². The maximum atomic E-state index is 11.6. The van der Waals surface area contributed by atoms with Crippen molar-refractivity contribution in [2.24, 2.45) is 14.1 Å². The number of halogens is 1. The Labute approximate surface area is 106 Å². The lowest BCUT2D eigenvalue weighted by molar-refractivity contribution is 0.702. The fraction of sp³-hybridized carbons (Fsp3) is 0.333. The highest BCUT2D eigenvalue weighted by Gasteiger charge is 2.07. The molecule has 1 N–H and O–H groups in total. The van der Waals surface area contributed by atoms with Crippen LogP contribution >= 0.6 is 15.9 Å². The number of aryl methyl sites for hydroxylation is 2. The molecule has 0 aliphatic carbocycles. The standard InChI is InChI=1S/C9H11BrN6O/c1-15-5-12-14-7(15)4-11-6-3-13-16(2)9(17)8(6)10/h3,5,11H,4H2,1-2H3. The van der Waals surface area contributed by atoms with E-state index in [-0.39, 0.29) is 5.56 Å². The van der Waals surface area contributed by atoms with Gasteiger partial charge in [-0.15, -0.1) is 10.2 Å². The summed E-state index contributed by atoms with van der Waals surface area (Å²) in [6.45, 7) is 0.476. The largest absolute Gasteiger partial charge is 0.375 e. The van der Waals surface area contributed by atoms with Gasteiger partial charge in [0.15, 0.2) is 5.82 Å². The summed E-state index contributed by atoms with van der Waals surface area (Å²) in [4.78, 5) is 11.6. The van der Waals surface area contributed by atoms with Crippen LogP contribution in [-0.4, -0.2) is 24.5 Å². The minimum Gasteiger partial charge on any atom is -0.375 e. The number of aromatic nitrogens is 5. The van der Waals surface area contributed by atoms with Gasteiger partial charge in [-0.1, -0.05) is 0 Å². The molecule has 0 aliphatic rings. The maximum Gasteiger partial charge on any atom is 0.282 e. The molecule has 0 radical (unpaired) electrons. The van der Waals surface area contributed by atoms with Crippen LogP contribution in [0.2, 0.25) is 0 Å². The minimum atomic E-state index is -0.187. The number of nitrogens with zero attached hydrogens (tertiary/aromatic N) is 5. The van der Waals surface area contributed by atoms with E-state index >= 15 is 0 Å². The maximum absolute atomic E-state index is 11.6. The zero-order valence-corrected chi connectivity index (χ0v) is 11.0. The molecule has 0 unspecified atom stereocenters. The fourth-order valence-corrected chi connectivity index (χ4v) is 1.77. The molecule has 2 aromatic rings. The Morgan fingerprint density at radius 3 is 2.88 bits per heavy atom. The number of hydrogen-bond donors (Lipinski definition) is 1. The first-order valence-corrected chi connectivity index (χ1v) is 5.67. The summed E-state index contributed by atoms with van der Waals surface area (Å²) in [5, 5.41) is 14.7. The summed E-state index contributed by atoms with van der Waals surface area (Å²) in [5.74, 6) is 0.776. The first-order chi connectivity index (χ1) is 8.09. The smallest absolute Gasteiger partial charge is 0.282 e. The lowest BCUT2D eigenvalue weighted by atomic mass is 10.4. The van der Waals surface area contributed by atoms with Gasteiger partial charge in [0.25, 0.3) is 5.56 Å². The van der Waals surface area contributed by atoms with E-state index in [1.165, 1.54) is 4.68 Å². The van der Waals surface area contributed by atoms with Gasteiger partial charge in [-0.2, -0.15) is 5.10 Å². The molecule has 7 nitrogen and oxygen atoms in total. The van der Waals surface area contributed by atoms with Gasteiger partial charge in [0.1, 0.15) is 10.8 Å². The molecule has 0 fully saturated rings. The van der Waals surface area contributed by atoms with Gasteiger partial charge in [-0.05, 0) is 15.9 Å². The molecule has 0 aliphatic heterocycles. The molecule has 0 saturated heterocycles. The zero-order valence-electron chi connectivity index (χ0n) is 9.38. The van der Waals surface area contributed by atoms with Crippen molar-refractivity contribution < 1.29 is 0 Å². The quantitative estimate of drug-likeness (QED) is 0.881. The van der Waals surface area contributed by atoms with Crippen LogP contribution < -0.4 is 10.9 Å². The highest BCUT2D eigenvalue weighted by Crippen LogP contribution is 2.16. The minimum absolute atomic E-state index is 0.187. The average molecular weight is 299 g/mol. The zero-order chi connectivity index (χ0) is 12.4. The van der Waals surface area contributed by atoms with Crippen LogP contribution in [0.15, 0.2) is 21.8 Å². The molecule has 0 amide bonds. The third-order valence-corrected chi connectivity index (χ3v) is 3.09. The highest BCUT2D eigenvalue weighted by molar-refractivity contribution is 9.10. The van der Waals surface area contributed by atoms with Crippen molar-refractivity contribution in [3.8, 4) is 0 Å². The molecule has 0 atom stereocenters. The molecule has 2 heterocycles. The number of anilines is 1. The summed E-state index contributed by atoms with van der Waals surface area (Å²) >= 11 is 3.24. The topological polar surface area (TPSA) is 77.6 Å². The monoisotopic (exact) mass is 298 g/mol. The summed E-state index contributed by atoms with van der Waals surface area (Å²) in [6, 6.07) is 0. The summed E-state index contributed by atoms with van der Waals surface area (Å²) < 4.78 is 3.52. The summed E-state index contributed by atoms with van der Waals surface area (Å²) in [7, 11) is 3.45. The van der Waals surface area contributed by atoms with Gasteiger partial charge in [0.2, 0.25) is 0 Å². The van der Waals surface area contributed by atoms with Gasteiger partial charge in [-0.3, -0.25) is 4.79 Å². The van der Waals surface area contributed by atoms with Crippen LogP contribution in [-0.2, 0) is 20.6 Å². The van der Waals surface area contributed by atoms with Crippen molar-refractivity contribution in [3.63, 3.8) is 0 Å². The van der Waals surface area contributed by atoms with Crippen LogP contribution in [0.25, 0.3) is 0 Å². The molecule has 0 spiro atoms. The Balaban J connectivity index is 2.18. The van der Waals surface area contributed by atoms with Gasteiger partial charge >= 0.3 is 0 Å². The van der Waals surface area contributed by atoms with E-state index in [1.807, 2.05) is 7.05 Å². The fourth-order valence-electron chi connectivity index (χ4n) is 1.28. The Hall–Kier alpha value is -1.70. The SMILES string of the molecule is Cn1cnnc1CNc1cnn(C)c(=O)c1Br. The van der Waals surface area contributed by atoms with Crippen LogP contribution in [0.3, 0.4) is 0 Å². The third-order valence-electron chi connectivity index (χ3n) is 2.32. The first kappa shape index (κ1) is 11.8. The van der Waals surface area contributed by atoms with Crippen LogP contribution in [0, 0.1) is 0 Å². The van der Waals surface area contributed by atoms with Gasteiger partial charge in [0.05, 0.1) is 18.4 Å². The number of hydrogen-bond acceptors (Lipinski definition) is 5. The van der Waals surface area contributed by atoms with E-state index in [4.69, 9.17) is 0 Å². The second kappa shape index (κ2) is 4.66. The van der Waals surface area contributed by atoms with Crippen LogP contribution in [0.1, 0.15) is 5.82 Å². The van der Waals surface area contributed by atoms with Crippen LogP contribution in [0.5, 0.6) is 0 Å². The molecule has 8 heteroatoms. The van der Waals surface area contributed by atoms with Gasteiger partial charge in [-0.25, -0.2) is 4.68 Å². The van der Waals surface area contributed by atoms with E-state index < -0.39 is 0 Å². The van der Waals surface area contributed by atoms with Crippen molar-refractivity contribution in [2.75, 3.05) is 5.32 Å². The molecular formula is C9H11BrN6O. The third kappa shape index (κ3) is 2.36. The summed E-state index contributed by atoms with van der Waals surface area (Å²) in [6.07, 6.45) is 3.20. The van der Waals surface area contributed by atoms with Gasteiger partial charge < -0.3 is 9.88 Å². The Morgan fingerprint density at radius 2 is 2.24 bits per heavy atom. The molecule has 90 valence electrons. The molecule has 0 aromatic carbocycles. The molecule has 17 heavy (non-hydrogen) atoms. The van der Waals surface area contributed by atoms with Crippen LogP contribution in [0.4, 0.5) is 5.69 Å². The predicted octanol–water partition coefficient (Wildman–Crippen LogP) is 0.283.